The number of para-hydroxylation sites is 1. The Kier molecular flexibility index (Phi) is 4.72. The summed E-state index contributed by atoms with van der Waals surface area (Å²) >= 11 is 1.49. The number of hydrogen-bond acceptors (Lipinski definition) is 7. The van der Waals surface area contributed by atoms with Gasteiger partial charge in [-0.05, 0) is 24.0 Å². The zero-order valence-corrected chi connectivity index (χ0v) is 15.7. The number of hydrogen-bond donors (Lipinski definition) is 0. The van der Waals surface area contributed by atoms with E-state index in [9.17, 15) is 4.79 Å². The van der Waals surface area contributed by atoms with Gasteiger partial charge < -0.3 is 4.74 Å². The monoisotopic (exact) mass is 379 g/mol. The van der Waals surface area contributed by atoms with E-state index >= 15 is 0 Å². The van der Waals surface area contributed by atoms with Crippen LogP contribution in [0.1, 0.15) is 25.6 Å². The molecule has 1 atom stereocenters. The summed E-state index contributed by atoms with van der Waals surface area (Å²) in [6, 6.07) is 11.2. The van der Waals surface area contributed by atoms with Crippen molar-refractivity contribution in [3.05, 3.63) is 54.4 Å². The maximum Gasteiger partial charge on any atom is 0.247 e. The van der Waals surface area contributed by atoms with Crippen molar-refractivity contribution in [3.8, 4) is 17.1 Å². The highest BCUT2D eigenvalue weighted by Crippen LogP contribution is 2.43. The fraction of sp³-hybridized carbons (Fsp3) is 0.211. The van der Waals surface area contributed by atoms with Crippen molar-refractivity contribution in [2.24, 2.45) is 0 Å². The second kappa shape index (κ2) is 7.32. The summed E-state index contributed by atoms with van der Waals surface area (Å²) in [5.41, 5.74) is 2.78. The smallest absolute Gasteiger partial charge is 0.247 e. The van der Waals surface area contributed by atoms with Crippen LogP contribution in [0.25, 0.3) is 11.3 Å². The molecule has 0 N–H and O–H groups in total. The van der Waals surface area contributed by atoms with Crippen molar-refractivity contribution in [2.75, 3.05) is 10.7 Å². The van der Waals surface area contributed by atoms with Gasteiger partial charge in [0.05, 0.1) is 5.69 Å². The Hall–Kier alpha value is -3.00. The minimum Gasteiger partial charge on any atom is -0.447 e. The van der Waals surface area contributed by atoms with E-state index in [4.69, 9.17) is 4.74 Å². The molecule has 1 aliphatic heterocycles. The van der Waals surface area contributed by atoms with Crippen LogP contribution < -0.4 is 9.64 Å². The van der Waals surface area contributed by atoms with Crippen molar-refractivity contribution in [1.82, 2.24) is 20.2 Å². The first-order chi connectivity index (χ1) is 13.2. The molecule has 1 aromatic carbocycles. The molecule has 0 unspecified atom stereocenters. The van der Waals surface area contributed by atoms with Crippen LogP contribution in [0, 0.1) is 0 Å². The predicted molar refractivity (Wildman–Crippen MR) is 102 cm³/mol. The molecule has 27 heavy (non-hydrogen) atoms. The van der Waals surface area contributed by atoms with Crippen LogP contribution >= 0.6 is 11.8 Å². The quantitative estimate of drug-likeness (QED) is 0.644. The highest BCUT2D eigenvalue weighted by Gasteiger charge is 2.34. The normalized spacial score (nSPS) is 15.3. The molecular weight excluding hydrogens is 362 g/mol. The summed E-state index contributed by atoms with van der Waals surface area (Å²) in [4.78, 5) is 22.8. The van der Waals surface area contributed by atoms with Gasteiger partial charge in [-0.25, -0.2) is 0 Å². The summed E-state index contributed by atoms with van der Waals surface area (Å²) in [5, 5.41) is 9.09. The van der Waals surface area contributed by atoms with E-state index < -0.39 is 6.23 Å². The van der Waals surface area contributed by atoms with Crippen LogP contribution in [0.3, 0.4) is 0 Å². The molecule has 0 saturated heterocycles. The lowest BCUT2D eigenvalue weighted by Gasteiger charge is -2.29. The van der Waals surface area contributed by atoms with E-state index in [-0.39, 0.29) is 5.91 Å². The Bertz CT molecular complexity index is 983. The minimum atomic E-state index is -0.677. The summed E-state index contributed by atoms with van der Waals surface area (Å²) in [5.74, 6) is 1.04. The zero-order chi connectivity index (χ0) is 18.8. The fourth-order valence-electron chi connectivity index (χ4n) is 2.99. The number of benzene rings is 1. The Morgan fingerprint density at radius 2 is 1.96 bits per heavy atom. The van der Waals surface area contributed by atoms with Crippen molar-refractivity contribution >= 4 is 23.4 Å². The van der Waals surface area contributed by atoms with Crippen LogP contribution in [-0.4, -0.2) is 31.8 Å². The molecule has 8 heteroatoms. The van der Waals surface area contributed by atoms with Gasteiger partial charge in [-0.2, -0.15) is 4.98 Å². The number of carbonyl (C=O) groups excluding carboxylic acids is 1. The van der Waals surface area contributed by atoms with Gasteiger partial charge >= 0.3 is 0 Å². The summed E-state index contributed by atoms with van der Waals surface area (Å²) < 4.78 is 6.24. The maximum absolute atomic E-state index is 12.6. The van der Waals surface area contributed by atoms with Gasteiger partial charge in [-0.3, -0.25) is 14.7 Å². The molecule has 4 rings (SSSR count). The summed E-state index contributed by atoms with van der Waals surface area (Å²) in [6.45, 7) is 3.54. The van der Waals surface area contributed by atoms with Gasteiger partial charge in [0.25, 0.3) is 0 Å². The number of anilines is 1. The molecule has 1 aliphatic rings. The van der Waals surface area contributed by atoms with Gasteiger partial charge in [-0.1, -0.05) is 36.9 Å². The third kappa shape index (κ3) is 3.23. The van der Waals surface area contributed by atoms with Crippen molar-refractivity contribution in [2.45, 2.75) is 25.2 Å². The molecule has 0 fully saturated rings. The number of carbonyl (C=O) groups is 1. The lowest BCUT2D eigenvalue weighted by atomic mass is 10.1. The third-order valence-corrected chi connectivity index (χ3v) is 4.84. The van der Waals surface area contributed by atoms with E-state index in [1.54, 1.807) is 17.3 Å². The van der Waals surface area contributed by atoms with E-state index in [1.165, 1.54) is 18.7 Å². The number of aromatic nitrogens is 4. The van der Waals surface area contributed by atoms with Gasteiger partial charge in [0.1, 0.15) is 0 Å². The van der Waals surface area contributed by atoms with Gasteiger partial charge in [-0.15, -0.1) is 10.2 Å². The summed E-state index contributed by atoms with van der Waals surface area (Å²) in [7, 11) is 0. The van der Waals surface area contributed by atoms with Crippen LogP contribution in [0.4, 0.5) is 5.69 Å². The number of amides is 1. The number of thioether (sulfide) groups is 1. The maximum atomic E-state index is 12.6. The van der Waals surface area contributed by atoms with Crippen LogP contribution in [0.2, 0.25) is 0 Å². The lowest BCUT2D eigenvalue weighted by molar-refractivity contribution is -0.118. The second-order valence-corrected chi connectivity index (χ2v) is 7.07. The molecule has 0 radical (unpaired) electrons. The van der Waals surface area contributed by atoms with Crippen molar-refractivity contribution < 1.29 is 9.53 Å². The Morgan fingerprint density at radius 1 is 1.19 bits per heavy atom. The van der Waals surface area contributed by atoms with Crippen LogP contribution in [0.5, 0.6) is 5.88 Å². The van der Waals surface area contributed by atoms with Crippen LogP contribution in [-0.2, 0) is 4.79 Å². The van der Waals surface area contributed by atoms with Crippen molar-refractivity contribution in [1.29, 1.82) is 0 Å². The molecule has 0 spiro atoms. The SMILES string of the molecule is CCSc1nnc2c(n1)O[C@@H](c1ccncc1)N(C(C)=O)c1ccccc1-2. The van der Waals surface area contributed by atoms with Gasteiger partial charge in [0, 0.05) is 30.4 Å². The molecular formula is C19H17N5O2S. The molecule has 0 saturated carbocycles. The third-order valence-electron chi connectivity index (χ3n) is 4.12. The van der Waals surface area contributed by atoms with Crippen LogP contribution in [0.15, 0.2) is 53.9 Å². The standard InChI is InChI=1S/C19H17N5O2S/c1-3-27-19-21-17-16(22-23-19)14-6-4-5-7-15(14)24(12(2)25)18(26-17)13-8-10-20-11-9-13/h4-11,18H,3H2,1-2H3/t18-/m0/s1. The largest absolute Gasteiger partial charge is 0.447 e. The minimum absolute atomic E-state index is 0.145. The fourth-order valence-corrected chi connectivity index (χ4v) is 3.49. The molecule has 1 amide bonds. The van der Waals surface area contributed by atoms with E-state index in [1.807, 2.05) is 43.3 Å². The zero-order valence-electron chi connectivity index (χ0n) is 14.9. The summed E-state index contributed by atoms with van der Waals surface area (Å²) in [6.07, 6.45) is 2.67. The molecule has 3 heterocycles. The molecule has 2 aromatic heterocycles. The molecule has 136 valence electrons. The molecule has 3 aromatic rings. The first-order valence-corrected chi connectivity index (χ1v) is 9.51. The van der Waals surface area contributed by atoms with Gasteiger partial charge in [0.2, 0.25) is 23.2 Å². The Balaban J connectivity index is 1.95. The highest BCUT2D eigenvalue weighted by atomic mass is 32.2. The first-order valence-electron chi connectivity index (χ1n) is 8.52. The second-order valence-electron chi connectivity index (χ2n) is 5.84. The number of ether oxygens (including phenoxy) is 1. The lowest BCUT2D eigenvalue weighted by Crippen LogP contribution is -2.36. The highest BCUT2D eigenvalue weighted by molar-refractivity contribution is 7.99. The number of pyridine rings is 1. The Morgan fingerprint density at radius 3 is 2.70 bits per heavy atom. The van der Waals surface area contributed by atoms with Crippen molar-refractivity contribution in [3.63, 3.8) is 0 Å². The number of nitrogens with zero attached hydrogens (tertiary/aromatic N) is 5. The number of rotatable bonds is 3. The predicted octanol–water partition coefficient (Wildman–Crippen LogP) is 3.49. The topological polar surface area (TPSA) is 81.1 Å². The average molecular weight is 379 g/mol. The van der Waals surface area contributed by atoms with E-state index in [0.717, 1.165) is 16.9 Å². The molecule has 7 nitrogen and oxygen atoms in total. The molecule has 0 bridgehead atoms. The van der Waals surface area contributed by atoms with E-state index in [0.29, 0.717) is 22.4 Å². The molecule has 0 aliphatic carbocycles. The average Bonchev–Trinajstić information content (AvgIpc) is 2.83. The van der Waals surface area contributed by atoms with Gasteiger partial charge in [0.15, 0.2) is 5.69 Å². The Labute approximate surface area is 160 Å². The number of fused-ring (bicyclic) bond motifs is 3. The van der Waals surface area contributed by atoms with E-state index in [2.05, 4.69) is 20.2 Å². The first kappa shape index (κ1) is 17.4.